The molecule has 25 heavy (non-hydrogen) atoms. The Bertz CT molecular complexity index is 867. The average molecular weight is 336 g/mol. The lowest BCUT2D eigenvalue weighted by Crippen LogP contribution is -2.26. The van der Waals surface area contributed by atoms with Crippen molar-refractivity contribution in [2.75, 3.05) is 13.7 Å². The Balaban J connectivity index is 1.49. The number of aromatic amines is 1. The summed E-state index contributed by atoms with van der Waals surface area (Å²) < 4.78 is 5.38. The zero-order chi connectivity index (χ0) is 17.6. The monoisotopic (exact) mass is 336 g/mol. The standard InChI is InChI=1S/C21H24N2O2/c1-15-7-9-20(25-2)16(13-15)11-12-22-21(24)10-8-17-14-23-19-6-4-3-5-18(17)19/h3-7,9,13-14,23H,8,10-12H2,1-2H3,(H,22,24). The van der Waals surface area contributed by atoms with Gasteiger partial charge in [0.05, 0.1) is 7.11 Å². The number of hydrogen-bond donors (Lipinski definition) is 2. The van der Waals surface area contributed by atoms with Crippen LogP contribution in [0, 0.1) is 6.92 Å². The number of carbonyl (C=O) groups excluding carboxylic acids is 1. The summed E-state index contributed by atoms with van der Waals surface area (Å²) in [6.07, 6.45) is 4.00. The van der Waals surface area contributed by atoms with E-state index in [1.807, 2.05) is 36.5 Å². The Morgan fingerprint density at radius 3 is 2.80 bits per heavy atom. The van der Waals surface area contributed by atoms with Crippen LogP contribution in [0.3, 0.4) is 0 Å². The SMILES string of the molecule is COc1ccc(C)cc1CCNC(=O)CCc1c[nH]c2ccccc12. The number of aromatic nitrogens is 1. The number of carbonyl (C=O) groups is 1. The highest BCUT2D eigenvalue weighted by Crippen LogP contribution is 2.20. The second-order valence-corrected chi connectivity index (χ2v) is 6.27. The summed E-state index contributed by atoms with van der Waals surface area (Å²) >= 11 is 0. The fraction of sp³-hybridized carbons (Fsp3) is 0.286. The molecule has 1 heterocycles. The number of aryl methyl sites for hydroxylation is 2. The molecule has 2 aromatic carbocycles. The summed E-state index contributed by atoms with van der Waals surface area (Å²) in [5.74, 6) is 0.954. The summed E-state index contributed by atoms with van der Waals surface area (Å²) in [6, 6.07) is 14.3. The predicted molar refractivity (Wildman–Crippen MR) is 101 cm³/mol. The van der Waals surface area contributed by atoms with Crippen molar-refractivity contribution in [3.05, 3.63) is 65.4 Å². The van der Waals surface area contributed by atoms with Crippen LogP contribution >= 0.6 is 0 Å². The van der Waals surface area contributed by atoms with Crippen LogP contribution in [0.4, 0.5) is 0 Å². The van der Waals surface area contributed by atoms with E-state index in [2.05, 4.69) is 29.4 Å². The summed E-state index contributed by atoms with van der Waals surface area (Å²) in [5.41, 5.74) is 4.62. The number of ether oxygens (including phenoxy) is 1. The molecule has 0 atom stereocenters. The third-order valence-electron chi connectivity index (χ3n) is 4.45. The molecule has 4 heteroatoms. The van der Waals surface area contributed by atoms with Crippen molar-refractivity contribution in [3.63, 3.8) is 0 Å². The summed E-state index contributed by atoms with van der Waals surface area (Å²) in [5, 5.41) is 4.20. The Labute approximate surface area is 148 Å². The highest BCUT2D eigenvalue weighted by atomic mass is 16.5. The van der Waals surface area contributed by atoms with Crippen molar-refractivity contribution < 1.29 is 9.53 Å². The lowest BCUT2D eigenvalue weighted by atomic mass is 10.1. The lowest BCUT2D eigenvalue weighted by Gasteiger charge is -2.10. The second kappa shape index (κ2) is 7.88. The quantitative estimate of drug-likeness (QED) is 0.690. The fourth-order valence-corrected chi connectivity index (χ4v) is 3.11. The topological polar surface area (TPSA) is 54.1 Å². The van der Waals surface area contributed by atoms with Crippen molar-refractivity contribution in [1.29, 1.82) is 0 Å². The molecule has 3 rings (SSSR count). The normalized spacial score (nSPS) is 10.8. The van der Waals surface area contributed by atoms with E-state index in [0.717, 1.165) is 29.7 Å². The van der Waals surface area contributed by atoms with Gasteiger partial charge in [0.1, 0.15) is 5.75 Å². The minimum absolute atomic E-state index is 0.0805. The third-order valence-corrected chi connectivity index (χ3v) is 4.45. The van der Waals surface area contributed by atoms with Crippen molar-refractivity contribution >= 4 is 16.8 Å². The second-order valence-electron chi connectivity index (χ2n) is 6.27. The first-order chi connectivity index (χ1) is 12.2. The Morgan fingerprint density at radius 1 is 1.12 bits per heavy atom. The van der Waals surface area contributed by atoms with Gasteiger partial charge in [-0.25, -0.2) is 0 Å². The van der Waals surface area contributed by atoms with Crippen molar-refractivity contribution in [2.45, 2.75) is 26.2 Å². The maximum Gasteiger partial charge on any atom is 0.220 e. The molecule has 130 valence electrons. The largest absolute Gasteiger partial charge is 0.496 e. The summed E-state index contributed by atoms with van der Waals surface area (Å²) in [4.78, 5) is 15.4. The van der Waals surface area contributed by atoms with Gasteiger partial charge in [-0.05, 0) is 43.0 Å². The number of rotatable bonds is 7. The number of fused-ring (bicyclic) bond motifs is 1. The number of para-hydroxylation sites is 1. The van der Waals surface area contributed by atoms with Crippen molar-refractivity contribution in [3.8, 4) is 5.75 Å². The molecule has 0 unspecified atom stereocenters. The van der Waals surface area contributed by atoms with Crippen molar-refractivity contribution in [1.82, 2.24) is 10.3 Å². The minimum Gasteiger partial charge on any atom is -0.496 e. The maximum absolute atomic E-state index is 12.1. The molecule has 0 spiro atoms. The van der Waals surface area contributed by atoms with Gasteiger partial charge < -0.3 is 15.0 Å². The molecule has 2 N–H and O–H groups in total. The number of benzene rings is 2. The molecule has 3 aromatic rings. The van der Waals surface area contributed by atoms with Gasteiger partial charge in [-0.15, -0.1) is 0 Å². The number of methoxy groups -OCH3 is 1. The zero-order valence-electron chi connectivity index (χ0n) is 14.8. The molecule has 0 bridgehead atoms. The number of nitrogens with one attached hydrogen (secondary N) is 2. The van der Waals surface area contributed by atoms with Gasteiger partial charge in [0, 0.05) is 30.1 Å². The number of amides is 1. The fourth-order valence-electron chi connectivity index (χ4n) is 3.11. The first-order valence-electron chi connectivity index (χ1n) is 8.62. The highest BCUT2D eigenvalue weighted by molar-refractivity contribution is 5.84. The van der Waals surface area contributed by atoms with E-state index in [4.69, 9.17) is 4.74 Å². The van der Waals surface area contributed by atoms with Crippen molar-refractivity contribution in [2.24, 2.45) is 0 Å². The maximum atomic E-state index is 12.1. The first-order valence-corrected chi connectivity index (χ1v) is 8.62. The lowest BCUT2D eigenvalue weighted by molar-refractivity contribution is -0.121. The van der Waals surface area contributed by atoms with E-state index in [-0.39, 0.29) is 5.91 Å². The van der Waals surface area contributed by atoms with Gasteiger partial charge in [0.25, 0.3) is 0 Å². The molecule has 0 fully saturated rings. The summed E-state index contributed by atoms with van der Waals surface area (Å²) in [7, 11) is 1.67. The molecule has 1 amide bonds. The van der Waals surface area contributed by atoms with Gasteiger partial charge in [0.15, 0.2) is 0 Å². The Hall–Kier alpha value is -2.75. The third kappa shape index (κ3) is 4.21. The van der Waals surface area contributed by atoms with Gasteiger partial charge in [-0.1, -0.05) is 35.9 Å². The Kier molecular flexibility index (Phi) is 5.39. The van der Waals surface area contributed by atoms with Crippen LogP contribution in [-0.4, -0.2) is 24.5 Å². The van der Waals surface area contributed by atoms with E-state index < -0.39 is 0 Å². The smallest absolute Gasteiger partial charge is 0.220 e. The van der Waals surface area contributed by atoms with E-state index in [1.165, 1.54) is 16.5 Å². The first kappa shape index (κ1) is 17.1. The highest BCUT2D eigenvalue weighted by Gasteiger charge is 2.08. The van der Waals surface area contributed by atoms with Crippen LogP contribution in [0.1, 0.15) is 23.1 Å². The molecule has 0 radical (unpaired) electrons. The minimum atomic E-state index is 0.0805. The van der Waals surface area contributed by atoms with Crippen LogP contribution in [0.2, 0.25) is 0 Å². The molecule has 0 saturated heterocycles. The number of hydrogen-bond acceptors (Lipinski definition) is 2. The summed E-state index contributed by atoms with van der Waals surface area (Å²) in [6.45, 7) is 2.68. The predicted octanol–water partition coefficient (Wildman–Crippen LogP) is 3.78. The molecule has 1 aromatic heterocycles. The van der Waals surface area contributed by atoms with E-state index >= 15 is 0 Å². The molecule has 0 aliphatic carbocycles. The molecule has 0 aliphatic rings. The van der Waals surface area contributed by atoms with E-state index in [9.17, 15) is 4.79 Å². The van der Waals surface area contributed by atoms with E-state index in [0.29, 0.717) is 13.0 Å². The van der Waals surface area contributed by atoms with Crippen LogP contribution in [0.25, 0.3) is 10.9 Å². The molecular formula is C21H24N2O2. The van der Waals surface area contributed by atoms with Gasteiger partial charge in [0.2, 0.25) is 5.91 Å². The molecule has 0 aliphatic heterocycles. The van der Waals surface area contributed by atoms with Crippen LogP contribution in [0.15, 0.2) is 48.7 Å². The van der Waals surface area contributed by atoms with E-state index in [1.54, 1.807) is 7.11 Å². The van der Waals surface area contributed by atoms with Gasteiger partial charge in [-0.3, -0.25) is 4.79 Å². The van der Waals surface area contributed by atoms with Crippen LogP contribution in [0.5, 0.6) is 5.75 Å². The van der Waals surface area contributed by atoms with Gasteiger partial charge >= 0.3 is 0 Å². The zero-order valence-corrected chi connectivity index (χ0v) is 14.8. The molecule has 0 saturated carbocycles. The Morgan fingerprint density at radius 2 is 1.96 bits per heavy atom. The molecular weight excluding hydrogens is 312 g/mol. The van der Waals surface area contributed by atoms with Gasteiger partial charge in [-0.2, -0.15) is 0 Å². The molecule has 4 nitrogen and oxygen atoms in total. The van der Waals surface area contributed by atoms with Crippen LogP contribution < -0.4 is 10.1 Å². The average Bonchev–Trinajstić information content (AvgIpc) is 3.03. The number of H-pyrrole nitrogens is 1. The van der Waals surface area contributed by atoms with Crippen LogP contribution in [-0.2, 0) is 17.6 Å².